The summed E-state index contributed by atoms with van der Waals surface area (Å²) in [6, 6.07) is 10.7. The Kier molecular flexibility index (Phi) is 3.90. The molecular weight excluding hydrogens is 232 g/mol. The van der Waals surface area contributed by atoms with Crippen molar-refractivity contribution in [1.29, 1.82) is 0 Å². The van der Waals surface area contributed by atoms with Crippen molar-refractivity contribution in [2.24, 2.45) is 0 Å². The number of piperazine rings is 1. The van der Waals surface area contributed by atoms with Gasteiger partial charge in [-0.2, -0.15) is 0 Å². The summed E-state index contributed by atoms with van der Waals surface area (Å²) in [6.45, 7) is 9.59. The zero-order valence-corrected chi connectivity index (χ0v) is 12.3. The van der Waals surface area contributed by atoms with Gasteiger partial charge in [0.15, 0.2) is 0 Å². The molecular formula is C17H26N2. The summed E-state index contributed by atoms with van der Waals surface area (Å²) in [7, 11) is 0. The van der Waals surface area contributed by atoms with Gasteiger partial charge in [0.2, 0.25) is 0 Å². The Hall–Kier alpha value is -0.860. The lowest BCUT2D eigenvalue weighted by molar-refractivity contribution is 0.132. The van der Waals surface area contributed by atoms with Crippen molar-refractivity contribution in [1.82, 2.24) is 9.80 Å². The Morgan fingerprint density at radius 2 is 1.74 bits per heavy atom. The second-order valence-electron chi connectivity index (χ2n) is 6.21. The van der Waals surface area contributed by atoms with Crippen molar-refractivity contribution >= 4 is 0 Å². The highest BCUT2D eigenvalue weighted by Crippen LogP contribution is 2.30. The Labute approximate surface area is 117 Å². The van der Waals surface area contributed by atoms with Crippen LogP contribution in [0.1, 0.15) is 30.9 Å². The summed E-state index contributed by atoms with van der Waals surface area (Å²) < 4.78 is 0. The van der Waals surface area contributed by atoms with E-state index in [0.717, 1.165) is 12.1 Å². The molecule has 0 radical (unpaired) electrons. The first-order chi connectivity index (χ1) is 9.26. The predicted octanol–water partition coefficient (Wildman–Crippen LogP) is 2.71. The highest BCUT2D eigenvalue weighted by atomic mass is 15.3. The van der Waals surface area contributed by atoms with Crippen molar-refractivity contribution in [3.05, 3.63) is 35.4 Å². The molecule has 2 atom stereocenters. The summed E-state index contributed by atoms with van der Waals surface area (Å²) >= 11 is 0. The molecule has 0 aliphatic carbocycles. The van der Waals surface area contributed by atoms with Crippen LogP contribution in [0.2, 0.25) is 0 Å². The van der Waals surface area contributed by atoms with Gasteiger partial charge in [0.1, 0.15) is 0 Å². The quantitative estimate of drug-likeness (QED) is 0.801. The lowest BCUT2D eigenvalue weighted by Crippen LogP contribution is -2.46. The fourth-order valence-corrected chi connectivity index (χ4v) is 3.73. The molecule has 0 aromatic heterocycles. The van der Waals surface area contributed by atoms with Gasteiger partial charge in [-0.3, -0.25) is 9.80 Å². The van der Waals surface area contributed by atoms with Crippen LogP contribution in [0.15, 0.2) is 24.3 Å². The number of benzene rings is 1. The van der Waals surface area contributed by atoms with Gasteiger partial charge >= 0.3 is 0 Å². The molecule has 2 heterocycles. The fourth-order valence-electron chi connectivity index (χ4n) is 3.73. The average molecular weight is 258 g/mol. The van der Waals surface area contributed by atoms with Crippen LogP contribution in [-0.2, 0) is 6.42 Å². The molecule has 2 fully saturated rings. The summed E-state index contributed by atoms with van der Waals surface area (Å²) in [5, 5.41) is 0. The Bertz CT molecular complexity index is 412. The molecule has 0 spiro atoms. The van der Waals surface area contributed by atoms with Crippen molar-refractivity contribution in [3.8, 4) is 0 Å². The molecule has 2 bridgehead atoms. The van der Waals surface area contributed by atoms with Gasteiger partial charge in [-0.15, -0.1) is 0 Å². The first-order valence-electron chi connectivity index (χ1n) is 7.80. The first kappa shape index (κ1) is 13.1. The van der Waals surface area contributed by atoms with E-state index in [1.54, 1.807) is 0 Å². The third-order valence-corrected chi connectivity index (χ3v) is 4.91. The predicted molar refractivity (Wildman–Crippen MR) is 80.5 cm³/mol. The normalized spacial score (nSPS) is 27.3. The molecule has 2 nitrogen and oxygen atoms in total. The van der Waals surface area contributed by atoms with Crippen molar-refractivity contribution in [2.45, 2.75) is 45.2 Å². The minimum Gasteiger partial charge on any atom is -0.298 e. The van der Waals surface area contributed by atoms with E-state index in [4.69, 9.17) is 0 Å². The van der Waals surface area contributed by atoms with Crippen molar-refractivity contribution in [2.75, 3.05) is 26.2 Å². The van der Waals surface area contributed by atoms with Crippen LogP contribution in [0.3, 0.4) is 0 Å². The van der Waals surface area contributed by atoms with Crippen LogP contribution in [0.5, 0.6) is 0 Å². The van der Waals surface area contributed by atoms with Gasteiger partial charge in [-0.05, 0) is 44.8 Å². The number of fused-ring (bicyclic) bond motifs is 2. The maximum Gasteiger partial charge on any atom is 0.0239 e. The van der Waals surface area contributed by atoms with Gasteiger partial charge in [-0.25, -0.2) is 0 Å². The Morgan fingerprint density at radius 1 is 1.05 bits per heavy atom. The van der Waals surface area contributed by atoms with E-state index in [1.807, 2.05) is 0 Å². The highest BCUT2D eigenvalue weighted by Gasteiger charge is 2.41. The lowest BCUT2D eigenvalue weighted by Gasteiger charge is -2.33. The maximum atomic E-state index is 2.73. The molecule has 1 aromatic rings. The summed E-state index contributed by atoms with van der Waals surface area (Å²) in [6.07, 6.45) is 3.95. The number of rotatable bonds is 5. The monoisotopic (exact) mass is 258 g/mol. The second-order valence-corrected chi connectivity index (χ2v) is 6.21. The maximum absolute atomic E-state index is 2.73. The minimum absolute atomic E-state index is 0.850. The van der Waals surface area contributed by atoms with E-state index < -0.39 is 0 Å². The zero-order chi connectivity index (χ0) is 13.2. The molecule has 0 amide bonds. The molecule has 2 aliphatic rings. The van der Waals surface area contributed by atoms with Crippen LogP contribution < -0.4 is 0 Å². The average Bonchev–Trinajstić information content (AvgIpc) is 3.00. The van der Waals surface area contributed by atoms with Gasteiger partial charge in [0.05, 0.1) is 0 Å². The molecule has 1 aromatic carbocycles. The van der Waals surface area contributed by atoms with Crippen LogP contribution in [-0.4, -0.2) is 48.1 Å². The van der Waals surface area contributed by atoms with Gasteiger partial charge in [0, 0.05) is 25.2 Å². The number of likely N-dealkylation sites (N-methyl/N-ethyl adjacent to an activating group) is 1. The summed E-state index contributed by atoms with van der Waals surface area (Å²) in [5.74, 6) is 0. The van der Waals surface area contributed by atoms with Crippen LogP contribution >= 0.6 is 0 Å². The number of aryl methyl sites for hydroxylation is 2. The molecule has 0 saturated carbocycles. The van der Waals surface area contributed by atoms with E-state index in [-0.39, 0.29) is 0 Å². The lowest BCUT2D eigenvalue weighted by atomic mass is 10.1. The second kappa shape index (κ2) is 5.64. The first-order valence-corrected chi connectivity index (χ1v) is 7.80. The number of likely N-dealkylation sites (tertiary alicyclic amines) is 2. The standard InChI is InChI=1S/C17H26N2/c1-3-18-12-17-11-16(18)13-19(17)10-4-5-15-8-6-14(2)7-9-15/h6-9,16-17H,3-5,10-13H2,1-2H3. The van der Waals surface area contributed by atoms with Crippen molar-refractivity contribution in [3.63, 3.8) is 0 Å². The number of hydrogen-bond donors (Lipinski definition) is 0. The minimum atomic E-state index is 0.850. The van der Waals surface area contributed by atoms with Crippen LogP contribution in [0.4, 0.5) is 0 Å². The largest absolute Gasteiger partial charge is 0.298 e. The highest BCUT2D eigenvalue weighted by molar-refractivity contribution is 5.21. The molecule has 0 N–H and O–H groups in total. The Balaban J connectivity index is 1.43. The fraction of sp³-hybridized carbons (Fsp3) is 0.647. The Morgan fingerprint density at radius 3 is 2.37 bits per heavy atom. The van der Waals surface area contributed by atoms with E-state index in [0.29, 0.717) is 0 Å². The summed E-state index contributed by atoms with van der Waals surface area (Å²) in [5.41, 5.74) is 2.85. The SMILES string of the molecule is CCN1CC2CC1CN2CCCc1ccc(C)cc1. The van der Waals surface area contributed by atoms with Gasteiger partial charge in [0.25, 0.3) is 0 Å². The van der Waals surface area contributed by atoms with Crippen LogP contribution in [0.25, 0.3) is 0 Å². The van der Waals surface area contributed by atoms with E-state index in [2.05, 4.69) is 47.9 Å². The summed E-state index contributed by atoms with van der Waals surface area (Å²) in [4.78, 5) is 5.38. The zero-order valence-electron chi connectivity index (χ0n) is 12.3. The topological polar surface area (TPSA) is 6.48 Å². The molecule has 19 heavy (non-hydrogen) atoms. The molecule has 2 saturated heterocycles. The third-order valence-electron chi connectivity index (χ3n) is 4.91. The van der Waals surface area contributed by atoms with Gasteiger partial charge in [-0.1, -0.05) is 36.8 Å². The van der Waals surface area contributed by atoms with Crippen molar-refractivity contribution < 1.29 is 0 Å². The van der Waals surface area contributed by atoms with E-state index in [1.165, 1.54) is 56.6 Å². The number of hydrogen-bond acceptors (Lipinski definition) is 2. The van der Waals surface area contributed by atoms with E-state index in [9.17, 15) is 0 Å². The molecule has 104 valence electrons. The third kappa shape index (κ3) is 2.85. The van der Waals surface area contributed by atoms with Gasteiger partial charge < -0.3 is 0 Å². The van der Waals surface area contributed by atoms with Crippen LogP contribution in [0, 0.1) is 6.92 Å². The molecule has 3 rings (SSSR count). The smallest absolute Gasteiger partial charge is 0.0239 e. The number of nitrogens with zero attached hydrogens (tertiary/aromatic N) is 2. The molecule has 2 heteroatoms. The van der Waals surface area contributed by atoms with E-state index >= 15 is 0 Å². The molecule has 2 aliphatic heterocycles. The molecule has 2 unspecified atom stereocenters.